The number of anilines is 1. The van der Waals surface area contributed by atoms with E-state index in [0.717, 1.165) is 24.5 Å². The molecule has 0 radical (unpaired) electrons. The summed E-state index contributed by atoms with van der Waals surface area (Å²) in [4.78, 5) is 34.3. The Hall–Kier alpha value is -3.66. The SMILES string of the molecule is COC(=O)c1cc(NC(=O)c2sc3nc(-c4ccco4)nc(C)c3c2C)c(F)cc1F. The number of aromatic nitrogens is 2. The second-order valence-corrected chi connectivity index (χ2v) is 7.60. The van der Waals surface area contributed by atoms with E-state index in [2.05, 4.69) is 20.0 Å². The van der Waals surface area contributed by atoms with Gasteiger partial charge in [-0.1, -0.05) is 0 Å². The molecule has 0 aliphatic heterocycles. The first-order valence-corrected chi connectivity index (χ1v) is 9.82. The predicted octanol–water partition coefficient (Wildman–Crippen LogP) is 4.89. The Bertz CT molecular complexity index is 1330. The van der Waals surface area contributed by atoms with Crippen molar-refractivity contribution in [2.45, 2.75) is 13.8 Å². The summed E-state index contributed by atoms with van der Waals surface area (Å²) in [5.41, 5.74) is 0.446. The number of hydrogen-bond donors (Lipinski definition) is 1. The molecule has 0 spiro atoms. The summed E-state index contributed by atoms with van der Waals surface area (Å²) < 4.78 is 37.9. The van der Waals surface area contributed by atoms with Crippen LogP contribution >= 0.6 is 11.3 Å². The minimum Gasteiger partial charge on any atom is -0.465 e. The minimum atomic E-state index is -1.09. The average molecular weight is 443 g/mol. The summed E-state index contributed by atoms with van der Waals surface area (Å²) in [5, 5.41) is 3.10. The summed E-state index contributed by atoms with van der Waals surface area (Å²) in [6, 6.07) is 4.86. The lowest BCUT2D eigenvalue weighted by Gasteiger charge is -2.09. The van der Waals surface area contributed by atoms with E-state index < -0.39 is 29.1 Å². The molecule has 31 heavy (non-hydrogen) atoms. The molecule has 158 valence electrons. The van der Waals surface area contributed by atoms with Gasteiger partial charge >= 0.3 is 5.97 Å². The van der Waals surface area contributed by atoms with Crippen molar-refractivity contribution in [1.82, 2.24) is 9.97 Å². The fraction of sp³-hybridized carbons (Fsp3) is 0.143. The monoisotopic (exact) mass is 443 g/mol. The Morgan fingerprint density at radius 3 is 2.61 bits per heavy atom. The normalized spacial score (nSPS) is 11.0. The van der Waals surface area contributed by atoms with Gasteiger partial charge in [0.05, 0.1) is 35.2 Å². The van der Waals surface area contributed by atoms with Crippen molar-refractivity contribution in [2.24, 2.45) is 0 Å². The first-order chi connectivity index (χ1) is 14.8. The van der Waals surface area contributed by atoms with Crippen molar-refractivity contribution in [3.63, 3.8) is 0 Å². The summed E-state index contributed by atoms with van der Waals surface area (Å²) in [5.74, 6) is -2.84. The van der Waals surface area contributed by atoms with Gasteiger partial charge in [-0.25, -0.2) is 23.5 Å². The van der Waals surface area contributed by atoms with Crippen LogP contribution in [0.2, 0.25) is 0 Å². The van der Waals surface area contributed by atoms with E-state index in [1.54, 1.807) is 26.0 Å². The largest absolute Gasteiger partial charge is 0.465 e. The van der Waals surface area contributed by atoms with Crippen LogP contribution < -0.4 is 5.32 Å². The fourth-order valence-corrected chi connectivity index (χ4v) is 4.29. The standard InChI is InChI=1S/C21H15F2N3O4S/c1-9-16-10(2)24-18(15-5-4-6-30-15)26-20(16)31-17(9)19(27)25-14-7-11(21(28)29-3)12(22)8-13(14)23/h4-8H,1-3H3,(H,25,27). The number of amides is 1. The number of halogens is 2. The topological polar surface area (TPSA) is 94.3 Å². The molecule has 3 aromatic heterocycles. The van der Waals surface area contributed by atoms with Crippen molar-refractivity contribution in [1.29, 1.82) is 0 Å². The first kappa shape index (κ1) is 20.6. The Balaban J connectivity index is 1.73. The number of esters is 1. The van der Waals surface area contributed by atoms with Crippen molar-refractivity contribution in [2.75, 3.05) is 12.4 Å². The van der Waals surface area contributed by atoms with Crippen molar-refractivity contribution >= 4 is 39.1 Å². The fourth-order valence-electron chi connectivity index (χ4n) is 3.16. The molecular weight excluding hydrogens is 428 g/mol. The van der Waals surface area contributed by atoms with Gasteiger partial charge in [-0.2, -0.15) is 0 Å². The van der Waals surface area contributed by atoms with E-state index in [1.807, 2.05) is 0 Å². The molecule has 4 aromatic rings. The minimum absolute atomic E-state index is 0.285. The van der Waals surface area contributed by atoms with Crippen LogP contribution in [0, 0.1) is 25.5 Å². The predicted molar refractivity (Wildman–Crippen MR) is 110 cm³/mol. The number of ether oxygens (including phenoxy) is 1. The number of hydrogen-bond acceptors (Lipinski definition) is 7. The molecule has 0 saturated carbocycles. The van der Waals surface area contributed by atoms with E-state index in [1.165, 1.54) is 6.26 Å². The Kier molecular flexibility index (Phi) is 5.24. The van der Waals surface area contributed by atoms with Gasteiger partial charge in [0.15, 0.2) is 11.6 Å². The Morgan fingerprint density at radius 1 is 1.16 bits per heavy atom. The summed E-state index contributed by atoms with van der Waals surface area (Å²) in [6.45, 7) is 3.53. The van der Waals surface area contributed by atoms with Gasteiger partial charge in [0.25, 0.3) is 5.91 Å². The first-order valence-electron chi connectivity index (χ1n) is 9.00. The molecule has 1 amide bonds. The molecule has 0 aliphatic carbocycles. The molecule has 0 aliphatic rings. The van der Waals surface area contributed by atoms with Gasteiger partial charge in [-0.3, -0.25) is 4.79 Å². The molecule has 1 N–H and O–H groups in total. The van der Waals surface area contributed by atoms with Crippen molar-refractivity contribution in [3.05, 3.63) is 63.9 Å². The van der Waals surface area contributed by atoms with Crippen molar-refractivity contribution in [3.8, 4) is 11.6 Å². The highest BCUT2D eigenvalue weighted by molar-refractivity contribution is 7.20. The second-order valence-electron chi connectivity index (χ2n) is 6.60. The third kappa shape index (κ3) is 3.66. The van der Waals surface area contributed by atoms with Crippen LogP contribution in [0.3, 0.4) is 0 Å². The van der Waals surface area contributed by atoms with Gasteiger partial charge in [-0.05, 0) is 37.6 Å². The lowest BCUT2D eigenvalue weighted by Crippen LogP contribution is -2.14. The molecule has 7 nitrogen and oxygen atoms in total. The molecule has 4 rings (SSSR count). The number of rotatable bonds is 4. The maximum atomic E-state index is 14.2. The smallest absolute Gasteiger partial charge is 0.340 e. The summed E-state index contributed by atoms with van der Waals surface area (Å²) >= 11 is 1.11. The third-order valence-electron chi connectivity index (χ3n) is 4.63. The van der Waals surface area contributed by atoms with Crippen LogP contribution in [0.5, 0.6) is 0 Å². The average Bonchev–Trinajstić information content (AvgIpc) is 3.38. The lowest BCUT2D eigenvalue weighted by molar-refractivity contribution is 0.0595. The number of thiophene rings is 1. The maximum absolute atomic E-state index is 14.2. The number of nitrogens with one attached hydrogen (secondary N) is 1. The quantitative estimate of drug-likeness (QED) is 0.452. The highest BCUT2D eigenvalue weighted by atomic mass is 32.1. The lowest BCUT2D eigenvalue weighted by atomic mass is 10.1. The number of nitrogens with zero attached hydrogens (tertiary/aromatic N) is 2. The van der Waals surface area contributed by atoms with Crippen LogP contribution in [0.1, 0.15) is 31.3 Å². The number of carbonyl (C=O) groups excluding carboxylic acids is 2. The zero-order valence-corrected chi connectivity index (χ0v) is 17.4. The zero-order chi connectivity index (χ0) is 22.3. The highest BCUT2D eigenvalue weighted by Gasteiger charge is 2.23. The van der Waals surface area contributed by atoms with E-state index in [4.69, 9.17) is 4.42 Å². The number of aryl methyl sites for hydroxylation is 2. The number of carbonyl (C=O) groups is 2. The zero-order valence-electron chi connectivity index (χ0n) is 16.6. The van der Waals surface area contributed by atoms with Gasteiger partial charge in [0.1, 0.15) is 16.5 Å². The van der Waals surface area contributed by atoms with Gasteiger partial charge in [-0.15, -0.1) is 11.3 Å². The molecule has 0 unspecified atom stereocenters. The molecule has 0 fully saturated rings. The second kappa shape index (κ2) is 7.88. The van der Waals surface area contributed by atoms with E-state index in [-0.39, 0.29) is 10.6 Å². The molecule has 10 heteroatoms. The van der Waals surface area contributed by atoms with Gasteiger partial charge in [0.2, 0.25) is 0 Å². The molecule has 3 heterocycles. The van der Waals surface area contributed by atoms with E-state index in [9.17, 15) is 18.4 Å². The van der Waals surface area contributed by atoms with E-state index in [0.29, 0.717) is 39.1 Å². The van der Waals surface area contributed by atoms with Crippen LogP contribution in [0.4, 0.5) is 14.5 Å². The molecule has 1 aromatic carbocycles. The molecule has 0 bridgehead atoms. The molecular formula is C21H15F2N3O4S. The summed E-state index contributed by atoms with van der Waals surface area (Å²) in [6.07, 6.45) is 1.51. The molecule has 0 saturated heterocycles. The van der Waals surface area contributed by atoms with Gasteiger partial charge < -0.3 is 14.5 Å². The maximum Gasteiger partial charge on any atom is 0.340 e. The Labute approximate surface area is 178 Å². The number of fused-ring (bicyclic) bond motifs is 1. The summed E-state index contributed by atoms with van der Waals surface area (Å²) in [7, 11) is 1.07. The number of methoxy groups -OCH3 is 1. The number of benzene rings is 1. The highest BCUT2D eigenvalue weighted by Crippen LogP contribution is 2.33. The number of furan rings is 1. The van der Waals surface area contributed by atoms with Crippen LogP contribution in [-0.2, 0) is 4.74 Å². The Morgan fingerprint density at radius 2 is 1.94 bits per heavy atom. The van der Waals surface area contributed by atoms with Crippen LogP contribution in [-0.4, -0.2) is 29.0 Å². The van der Waals surface area contributed by atoms with Gasteiger partial charge in [0, 0.05) is 11.5 Å². The van der Waals surface area contributed by atoms with Crippen LogP contribution in [0.25, 0.3) is 21.8 Å². The third-order valence-corrected chi connectivity index (χ3v) is 5.81. The van der Waals surface area contributed by atoms with E-state index >= 15 is 0 Å². The van der Waals surface area contributed by atoms with Crippen LogP contribution in [0.15, 0.2) is 34.9 Å². The molecule has 0 atom stereocenters. The van der Waals surface area contributed by atoms with Crippen molar-refractivity contribution < 1.29 is 27.5 Å².